The van der Waals surface area contributed by atoms with Crippen molar-refractivity contribution in [3.8, 4) is 10.8 Å². The Morgan fingerprint density at radius 3 is 2.67 bits per heavy atom. The predicted molar refractivity (Wildman–Crippen MR) is 149 cm³/mol. The number of aryl methyl sites for hydroxylation is 1. The van der Waals surface area contributed by atoms with Crippen molar-refractivity contribution in [2.75, 3.05) is 40.5 Å². The molecule has 214 valence electrons. The molecule has 5 rings (SSSR count). The number of thiophene rings is 1. The average Bonchev–Trinajstić information content (AvgIpc) is 3.56. The Morgan fingerprint density at radius 1 is 1.25 bits per heavy atom. The largest absolute Gasteiger partial charge is 0.496 e. The van der Waals surface area contributed by atoms with Crippen molar-refractivity contribution in [3.05, 3.63) is 68.4 Å². The highest BCUT2D eigenvalue weighted by atomic mass is 32.1. The normalized spacial score (nSPS) is 18.9. The van der Waals surface area contributed by atoms with Crippen molar-refractivity contribution in [2.24, 2.45) is 0 Å². The van der Waals surface area contributed by atoms with Crippen LogP contribution in [0, 0.1) is 12.7 Å². The maximum Gasteiger partial charge on any atom is 0.332 e. The first-order chi connectivity index (χ1) is 19.2. The molecule has 0 aliphatic carbocycles. The summed E-state index contributed by atoms with van der Waals surface area (Å²) < 4.78 is 28.7. The number of likely N-dealkylation sites (tertiary alicyclic amines) is 1. The van der Waals surface area contributed by atoms with E-state index in [1.807, 2.05) is 20.9 Å². The van der Waals surface area contributed by atoms with Gasteiger partial charge in [0.25, 0.3) is 5.56 Å². The molecule has 1 N–H and O–H groups in total. The van der Waals surface area contributed by atoms with Gasteiger partial charge < -0.3 is 19.5 Å². The molecule has 11 nitrogen and oxygen atoms in total. The molecule has 1 aliphatic rings. The van der Waals surface area contributed by atoms with Crippen molar-refractivity contribution in [2.45, 2.75) is 44.9 Å². The number of halogens is 1. The van der Waals surface area contributed by atoms with Crippen molar-refractivity contribution in [1.82, 2.24) is 29.0 Å². The van der Waals surface area contributed by atoms with Crippen LogP contribution in [0.3, 0.4) is 0 Å². The summed E-state index contributed by atoms with van der Waals surface area (Å²) in [6, 6.07) is 4.08. The van der Waals surface area contributed by atoms with Gasteiger partial charge in [-0.3, -0.25) is 13.9 Å². The van der Waals surface area contributed by atoms with Crippen LogP contribution in [0.5, 0.6) is 5.75 Å². The molecule has 1 fully saturated rings. The smallest absolute Gasteiger partial charge is 0.332 e. The van der Waals surface area contributed by atoms with Crippen LogP contribution in [-0.2, 0) is 16.8 Å². The van der Waals surface area contributed by atoms with Gasteiger partial charge in [-0.05, 0) is 58.5 Å². The van der Waals surface area contributed by atoms with Crippen LogP contribution >= 0.6 is 11.3 Å². The van der Waals surface area contributed by atoms with Gasteiger partial charge in [0.15, 0.2) is 0 Å². The maximum atomic E-state index is 14.4. The fraction of sp³-hybridized carbons (Fsp3) is 0.481. The number of hydrogen-bond donors (Lipinski definition) is 1. The molecule has 0 spiro atoms. The van der Waals surface area contributed by atoms with E-state index in [9.17, 15) is 19.1 Å². The number of benzene rings is 1. The first-order valence-corrected chi connectivity index (χ1v) is 13.9. The van der Waals surface area contributed by atoms with Gasteiger partial charge in [-0.1, -0.05) is 11.3 Å². The molecule has 40 heavy (non-hydrogen) atoms. The van der Waals surface area contributed by atoms with Gasteiger partial charge in [-0.15, -0.1) is 4.80 Å². The third kappa shape index (κ3) is 4.98. The molecule has 13 heteroatoms. The Balaban J connectivity index is 1.78. The third-order valence-electron chi connectivity index (χ3n) is 7.49. The Labute approximate surface area is 234 Å². The quantitative estimate of drug-likeness (QED) is 0.325. The molecule has 4 aromatic rings. The van der Waals surface area contributed by atoms with Crippen molar-refractivity contribution < 1.29 is 19.0 Å². The van der Waals surface area contributed by atoms with Crippen LogP contribution in [-0.4, -0.2) is 74.6 Å². The van der Waals surface area contributed by atoms with Crippen LogP contribution in [0.4, 0.5) is 4.39 Å². The fourth-order valence-electron chi connectivity index (χ4n) is 5.69. The number of piperidine rings is 1. The Bertz CT molecular complexity index is 1630. The Morgan fingerprint density at radius 2 is 2.00 bits per heavy atom. The van der Waals surface area contributed by atoms with Gasteiger partial charge in [0.05, 0.1) is 50.2 Å². The monoisotopic (exact) mass is 572 g/mol. The van der Waals surface area contributed by atoms with Gasteiger partial charge in [0.2, 0.25) is 0 Å². The molecule has 1 saturated heterocycles. The average molecular weight is 573 g/mol. The summed E-state index contributed by atoms with van der Waals surface area (Å²) in [4.78, 5) is 32.5. The summed E-state index contributed by atoms with van der Waals surface area (Å²) in [6.07, 6.45) is 3.73. The lowest BCUT2D eigenvalue weighted by Gasteiger charge is -2.39. The standard InChI is InChI=1S/C27H33FN6O5S/c1-17-22-23(36)33(27(2)8-5-11-31(3)16-27)26(37)32(25(22)40-24(17)34-29-9-10-30-34)15-21(39-13-12-35)19-14-18(28)6-7-20(19)38-4/h6-7,9-10,14,21,35H,5,8,11-13,15-16H2,1-4H3/t21-,27-/m0/s1. The van der Waals surface area contributed by atoms with Crippen LogP contribution in [0.25, 0.3) is 15.2 Å². The number of hydrogen-bond acceptors (Lipinski definition) is 9. The summed E-state index contributed by atoms with van der Waals surface area (Å²) in [5, 5.41) is 19.0. The second-order valence-electron chi connectivity index (χ2n) is 10.4. The van der Waals surface area contributed by atoms with Crippen molar-refractivity contribution >= 4 is 21.6 Å². The molecule has 0 radical (unpaired) electrons. The zero-order chi connectivity index (χ0) is 28.6. The summed E-state index contributed by atoms with van der Waals surface area (Å²) in [7, 11) is 3.45. The number of aromatic nitrogens is 5. The number of rotatable bonds is 9. The van der Waals surface area contributed by atoms with Crippen molar-refractivity contribution in [1.29, 1.82) is 0 Å². The molecular formula is C27H33FN6O5S. The molecule has 2 atom stereocenters. The first-order valence-electron chi connectivity index (χ1n) is 13.1. The molecule has 0 unspecified atom stereocenters. The minimum atomic E-state index is -0.861. The van der Waals surface area contributed by atoms with E-state index in [4.69, 9.17) is 9.47 Å². The fourth-order valence-corrected chi connectivity index (χ4v) is 6.91. The molecule has 3 aromatic heterocycles. The van der Waals surface area contributed by atoms with E-state index < -0.39 is 23.1 Å². The van der Waals surface area contributed by atoms with Crippen LogP contribution in [0.15, 0.2) is 40.2 Å². The van der Waals surface area contributed by atoms with E-state index in [0.717, 1.165) is 13.0 Å². The second-order valence-corrected chi connectivity index (χ2v) is 11.3. The second kappa shape index (κ2) is 11.2. The highest BCUT2D eigenvalue weighted by molar-refractivity contribution is 7.21. The number of aliphatic hydroxyl groups excluding tert-OH is 1. The Hall–Kier alpha value is -3.39. The third-order valence-corrected chi connectivity index (χ3v) is 8.77. The van der Waals surface area contributed by atoms with E-state index in [1.54, 1.807) is 12.4 Å². The molecule has 0 bridgehead atoms. The van der Waals surface area contributed by atoms with E-state index in [2.05, 4.69) is 15.1 Å². The lowest BCUT2D eigenvalue weighted by molar-refractivity contribution is 0.0160. The summed E-state index contributed by atoms with van der Waals surface area (Å²) in [5.41, 5.74) is -0.540. The molecule has 1 aromatic carbocycles. The zero-order valence-corrected chi connectivity index (χ0v) is 23.8. The number of likely N-dealkylation sites (N-methyl/N-ethyl adjacent to an activating group) is 1. The first kappa shape index (κ1) is 28.1. The minimum absolute atomic E-state index is 0.0453. The summed E-state index contributed by atoms with van der Waals surface area (Å²) in [6.45, 7) is 4.81. The molecule has 0 amide bonds. The Kier molecular flexibility index (Phi) is 7.91. The molecule has 4 heterocycles. The van der Waals surface area contributed by atoms with E-state index >= 15 is 0 Å². The minimum Gasteiger partial charge on any atom is -0.496 e. The van der Waals surface area contributed by atoms with Gasteiger partial charge >= 0.3 is 5.69 Å². The molecule has 0 saturated carbocycles. The van der Waals surface area contributed by atoms with E-state index in [-0.39, 0.29) is 25.3 Å². The molecular weight excluding hydrogens is 539 g/mol. The number of aliphatic hydroxyl groups is 1. The van der Waals surface area contributed by atoms with Crippen molar-refractivity contribution in [3.63, 3.8) is 0 Å². The topological polar surface area (TPSA) is 117 Å². The van der Waals surface area contributed by atoms with Crippen LogP contribution < -0.4 is 16.0 Å². The predicted octanol–water partition coefficient (Wildman–Crippen LogP) is 2.45. The lowest BCUT2D eigenvalue weighted by atomic mass is 9.91. The number of methoxy groups -OCH3 is 1. The van der Waals surface area contributed by atoms with Crippen LogP contribution in [0.1, 0.15) is 37.0 Å². The summed E-state index contributed by atoms with van der Waals surface area (Å²) >= 11 is 1.23. The summed E-state index contributed by atoms with van der Waals surface area (Å²) in [5.74, 6) is -0.112. The van der Waals surface area contributed by atoms with E-state index in [0.29, 0.717) is 45.1 Å². The lowest BCUT2D eigenvalue weighted by Crippen LogP contribution is -2.56. The van der Waals surface area contributed by atoms with Gasteiger partial charge in [0.1, 0.15) is 27.5 Å². The van der Waals surface area contributed by atoms with E-state index in [1.165, 1.54) is 50.6 Å². The van der Waals surface area contributed by atoms with Crippen LogP contribution in [0.2, 0.25) is 0 Å². The highest BCUT2D eigenvalue weighted by Crippen LogP contribution is 2.35. The number of ether oxygens (including phenoxy) is 2. The van der Waals surface area contributed by atoms with Gasteiger partial charge in [-0.2, -0.15) is 10.2 Å². The zero-order valence-electron chi connectivity index (χ0n) is 23.0. The maximum absolute atomic E-state index is 14.4. The van der Waals surface area contributed by atoms with Gasteiger partial charge in [0, 0.05) is 17.7 Å². The SMILES string of the molecule is COc1ccc(F)cc1[C@H](Cn1c(=O)n([C@@]2(C)CCCN(C)C2)c(=O)c2c(C)c(-n3nccn3)sc21)OCCO. The van der Waals surface area contributed by atoms with Gasteiger partial charge in [-0.25, -0.2) is 9.18 Å². The highest BCUT2D eigenvalue weighted by Gasteiger charge is 2.36. The molecule has 1 aliphatic heterocycles. The number of fused-ring (bicyclic) bond motifs is 1. The number of nitrogens with zero attached hydrogens (tertiary/aromatic N) is 6.